The van der Waals surface area contributed by atoms with Crippen molar-refractivity contribution in [2.45, 2.75) is 26.3 Å². The number of nitrogens with one attached hydrogen (secondary N) is 1. The number of rotatable bonds is 6. The Kier molecular flexibility index (Phi) is 5.05. The van der Waals surface area contributed by atoms with E-state index in [0.717, 1.165) is 5.69 Å². The average Bonchev–Trinajstić information content (AvgIpc) is 3.01. The molecular weight excluding hydrogens is 268 g/mol. The van der Waals surface area contributed by atoms with Crippen molar-refractivity contribution in [2.75, 3.05) is 6.61 Å². The van der Waals surface area contributed by atoms with Crippen LogP contribution >= 0.6 is 0 Å². The lowest BCUT2D eigenvalue weighted by atomic mass is 10.0. The minimum Gasteiger partial charge on any atom is -0.396 e. The van der Waals surface area contributed by atoms with E-state index >= 15 is 0 Å². The molecule has 21 heavy (non-hydrogen) atoms. The van der Waals surface area contributed by atoms with Crippen molar-refractivity contribution >= 4 is 5.91 Å². The standard InChI is InChI=1S/C15H20N4O2/c1-11(2)14(7-10-20)17-15(21)12-3-5-13(6-4-12)19-9-8-16-18-19/h3-6,8-9,11,14,20H,7,10H2,1-2H3,(H,17,21). The molecule has 6 heteroatoms. The second-order valence-electron chi connectivity index (χ2n) is 5.23. The zero-order chi connectivity index (χ0) is 15.2. The normalized spacial score (nSPS) is 12.4. The minimum atomic E-state index is -0.132. The van der Waals surface area contributed by atoms with Gasteiger partial charge in [-0.25, -0.2) is 4.68 Å². The Labute approximate surface area is 123 Å². The van der Waals surface area contributed by atoms with Crippen molar-refractivity contribution < 1.29 is 9.90 Å². The smallest absolute Gasteiger partial charge is 0.251 e. The lowest BCUT2D eigenvalue weighted by Crippen LogP contribution is -2.39. The largest absolute Gasteiger partial charge is 0.396 e. The van der Waals surface area contributed by atoms with Crippen LogP contribution in [0.25, 0.3) is 5.69 Å². The lowest BCUT2D eigenvalue weighted by Gasteiger charge is -2.21. The number of aromatic nitrogens is 3. The van der Waals surface area contributed by atoms with E-state index in [4.69, 9.17) is 5.11 Å². The molecule has 0 aliphatic heterocycles. The molecule has 0 saturated heterocycles. The number of amides is 1. The van der Waals surface area contributed by atoms with E-state index in [-0.39, 0.29) is 24.5 Å². The Hall–Kier alpha value is -2.21. The molecule has 1 aromatic heterocycles. The van der Waals surface area contributed by atoms with Crippen molar-refractivity contribution in [1.82, 2.24) is 20.3 Å². The van der Waals surface area contributed by atoms with E-state index in [1.165, 1.54) is 0 Å². The van der Waals surface area contributed by atoms with Gasteiger partial charge in [0, 0.05) is 18.2 Å². The summed E-state index contributed by atoms with van der Waals surface area (Å²) in [6, 6.07) is 7.11. The van der Waals surface area contributed by atoms with E-state index in [1.807, 2.05) is 26.0 Å². The summed E-state index contributed by atoms with van der Waals surface area (Å²) in [5.41, 5.74) is 1.43. The van der Waals surface area contributed by atoms with Gasteiger partial charge in [-0.2, -0.15) is 0 Å². The van der Waals surface area contributed by atoms with Gasteiger partial charge in [0.2, 0.25) is 0 Å². The maximum Gasteiger partial charge on any atom is 0.251 e. The van der Waals surface area contributed by atoms with E-state index in [9.17, 15) is 4.79 Å². The summed E-state index contributed by atoms with van der Waals surface area (Å²) in [7, 11) is 0. The van der Waals surface area contributed by atoms with Crippen LogP contribution in [0.15, 0.2) is 36.7 Å². The van der Waals surface area contributed by atoms with Crippen molar-refractivity contribution in [3.8, 4) is 5.69 Å². The molecule has 0 bridgehead atoms. The van der Waals surface area contributed by atoms with Crippen LogP contribution in [-0.2, 0) is 0 Å². The van der Waals surface area contributed by atoms with Gasteiger partial charge in [-0.1, -0.05) is 19.1 Å². The zero-order valence-corrected chi connectivity index (χ0v) is 12.2. The molecule has 0 fully saturated rings. The van der Waals surface area contributed by atoms with Crippen molar-refractivity contribution in [3.63, 3.8) is 0 Å². The molecule has 0 radical (unpaired) electrons. The first-order valence-electron chi connectivity index (χ1n) is 7.00. The third-order valence-electron chi connectivity index (χ3n) is 3.38. The number of aliphatic hydroxyl groups is 1. The summed E-state index contributed by atoms with van der Waals surface area (Å²) in [4.78, 5) is 12.2. The fraction of sp³-hybridized carbons (Fsp3) is 0.400. The predicted molar refractivity (Wildman–Crippen MR) is 79.2 cm³/mol. The van der Waals surface area contributed by atoms with E-state index in [1.54, 1.807) is 29.2 Å². The van der Waals surface area contributed by atoms with Crippen LogP contribution in [0.3, 0.4) is 0 Å². The summed E-state index contributed by atoms with van der Waals surface area (Å²) in [6.07, 6.45) is 3.90. The van der Waals surface area contributed by atoms with Crippen molar-refractivity contribution in [3.05, 3.63) is 42.2 Å². The Morgan fingerprint density at radius 1 is 1.33 bits per heavy atom. The van der Waals surface area contributed by atoms with E-state index in [0.29, 0.717) is 12.0 Å². The van der Waals surface area contributed by atoms with Crippen LogP contribution in [0.4, 0.5) is 0 Å². The molecule has 1 atom stereocenters. The maximum absolute atomic E-state index is 12.2. The number of carbonyl (C=O) groups excluding carboxylic acids is 1. The number of carbonyl (C=O) groups is 1. The van der Waals surface area contributed by atoms with Crippen LogP contribution in [0.1, 0.15) is 30.6 Å². The highest BCUT2D eigenvalue weighted by Gasteiger charge is 2.16. The molecule has 2 aromatic rings. The Bertz CT molecular complexity index is 564. The van der Waals surface area contributed by atoms with Gasteiger partial charge >= 0.3 is 0 Å². The number of aliphatic hydroxyl groups excluding tert-OH is 1. The molecule has 2 N–H and O–H groups in total. The highest BCUT2D eigenvalue weighted by atomic mass is 16.3. The van der Waals surface area contributed by atoms with Gasteiger partial charge in [0.1, 0.15) is 0 Å². The van der Waals surface area contributed by atoms with Gasteiger partial charge in [0.05, 0.1) is 18.1 Å². The number of hydrogen-bond acceptors (Lipinski definition) is 4. The molecule has 112 valence electrons. The van der Waals surface area contributed by atoms with Gasteiger partial charge < -0.3 is 10.4 Å². The van der Waals surface area contributed by atoms with Crippen LogP contribution in [0, 0.1) is 5.92 Å². The molecular formula is C15H20N4O2. The second kappa shape index (κ2) is 6.99. The highest BCUT2D eigenvalue weighted by molar-refractivity contribution is 5.94. The second-order valence-corrected chi connectivity index (χ2v) is 5.23. The van der Waals surface area contributed by atoms with Gasteiger partial charge in [-0.15, -0.1) is 5.10 Å². The summed E-state index contributed by atoms with van der Waals surface area (Å²) in [5, 5.41) is 19.6. The molecule has 6 nitrogen and oxygen atoms in total. The SMILES string of the molecule is CC(C)C(CCO)NC(=O)c1ccc(-n2ccnn2)cc1. The Morgan fingerprint density at radius 3 is 2.57 bits per heavy atom. The average molecular weight is 288 g/mol. The molecule has 0 aliphatic rings. The van der Waals surface area contributed by atoms with Gasteiger partial charge in [-0.05, 0) is 36.6 Å². The molecule has 1 amide bonds. The molecule has 0 saturated carbocycles. The Morgan fingerprint density at radius 2 is 2.05 bits per heavy atom. The molecule has 0 aliphatic carbocycles. The van der Waals surface area contributed by atoms with E-state index in [2.05, 4.69) is 15.6 Å². The predicted octanol–water partition coefficient (Wildman–Crippen LogP) is 1.40. The van der Waals surface area contributed by atoms with Crippen LogP contribution in [0.2, 0.25) is 0 Å². The fourth-order valence-corrected chi connectivity index (χ4v) is 2.07. The van der Waals surface area contributed by atoms with Gasteiger partial charge in [0.15, 0.2) is 0 Å². The van der Waals surface area contributed by atoms with Crippen LogP contribution in [0.5, 0.6) is 0 Å². The van der Waals surface area contributed by atoms with Gasteiger partial charge in [-0.3, -0.25) is 4.79 Å². The van der Waals surface area contributed by atoms with Crippen molar-refractivity contribution in [2.24, 2.45) is 5.92 Å². The summed E-state index contributed by atoms with van der Waals surface area (Å²) < 4.78 is 1.63. The molecule has 1 heterocycles. The first kappa shape index (κ1) is 15.2. The first-order chi connectivity index (χ1) is 10.1. The minimum absolute atomic E-state index is 0.0301. The monoisotopic (exact) mass is 288 g/mol. The summed E-state index contributed by atoms with van der Waals surface area (Å²) >= 11 is 0. The molecule has 0 spiro atoms. The van der Waals surface area contributed by atoms with Crippen LogP contribution < -0.4 is 5.32 Å². The lowest BCUT2D eigenvalue weighted by molar-refractivity contribution is 0.0916. The summed E-state index contributed by atoms with van der Waals surface area (Å²) in [6.45, 7) is 4.11. The summed E-state index contributed by atoms with van der Waals surface area (Å²) in [5.74, 6) is 0.141. The topological polar surface area (TPSA) is 80.0 Å². The van der Waals surface area contributed by atoms with Crippen molar-refractivity contribution in [1.29, 1.82) is 0 Å². The quantitative estimate of drug-likeness (QED) is 0.842. The molecule has 1 unspecified atom stereocenters. The maximum atomic E-state index is 12.2. The third-order valence-corrected chi connectivity index (χ3v) is 3.38. The fourth-order valence-electron chi connectivity index (χ4n) is 2.07. The third kappa shape index (κ3) is 3.88. The van der Waals surface area contributed by atoms with Gasteiger partial charge in [0.25, 0.3) is 5.91 Å². The number of nitrogens with zero attached hydrogens (tertiary/aromatic N) is 3. The Balaban J connectivity index is 2.06. The zero-order valence-electron chi connectivity index (χ0n) is 12.2. The highest BCUT2D eigenvalue weighted by Crippen LogP contribution is 2.10. The number of hydrogen-bond donors (Lipinski definition) is 2. The van der Waals surface area contributed by atoms with E-state index < -0.39 is 0 Å². The molecule has 1 aromatic carbocycles. The number of benzene rings is 1. The first-order valence-corrected chi connectivity index (χ1v) is 7.00. The molecule has 2 rings (SSSR count). The van der Waals surface area contributed by atoms with Crippen LogP contribution in [-0.4, -0.2) is 38.7 Å².